The van der Waals surface area contributed by atoms with E-state index in [4.69, 9.17) is 0 Å². The van der Waals surface area contributed by atoms with Gasteiger partial charge in [0.2, 0.25) is 5.91 Å². The quantitative estimate of drug-likeness (QED) is 0.0422. The monoisotopic (exact) mass is 838 g/mol. The molecule has 0 aliphatic heterocycles. The maximum absolute atomic E-state index is 12.4. The molecule has 2 atom stereocenters. The molecule has 3 N–H and O–H groups in total. The molecule has 0 aromatic heterocycles. The fourth-order valence-corrected chi connectivity index (χ4v) is 7.90. The summed E-state index contributed by atoms with van der Waals surface area (Å²) in [5.41, 5.74) is 0. The molecule has 0 aliphatic rings. The fraction of sp³-hybridized carbons (Fsp3) is 0.804. The maximum Gasteiger partial charge on any atom is 0.220 e. The number of aliphatic hydroxyl groups is 2. The third kappa shape index (κ3) is 47.1. The Balaban J connectivity index is 3.40. The van der Waals surface area contributed by atoms with Crippen LogP contribution in [0.25, 0.3) is 0 Å². The average Bonchev–Trinajstić information content (AvgIpc) is 3.25. The van der Waals surface area contributed by atoms with Crippen molar-refractivity contribution in [2.24, 2.45) is 0 Å². The summed E-state index contributed by atoms with van der Waals surface area (Å²) >= 11 is 0. The van der Waals surface area contributed by atoms with E-state index in [2.05, 4.69) is 67.8 Å². The largest absolute Gasteiger partial charge is 0.394 e. The first-order valence-corrected chi connectivity index (χ1v) is 26.5. The van der Waals surface area contributed by atoms with Crippen LogP contribution < -0.4 is 5.32 Å². The minimum atomic E-state index is -0.868. The van der Waals surface area contributed by atoms with Gasteiger partial charge in [0.05, 0.1) is 18.8 Å². The number of aliphatic hydroxyl groups excluding tert-OH is 2. The number of nitrogens with one attached hydrogen (secondary N) is 1. The van der Waals surface area contributed by atoms with Crippen molar-refractivity contribution in [3.05, 3.63) is 60.8 Å². The lowest BCUT2D eigenvalue weighted by atomic mass is 10.0. The van der Waals surface area contributed by atoms with Gasteiger partial charge in [-0.05, 0) is 70.6 Å². The summed E-state index contributed by atoms with van der Waals surface area (Å²) in [6, 6.07) is -0.643. The topological polar surface area (TPSA) is 69.6 Å². The van der Waals surface area contributed by atoms with Crippen LogP contribution in [0.1, 0.15) is 271 Å². The molecular weight excluding hydrogens is 735 g/mol. The van der Waals surface area contributed by atoms with Crippen molar-refractivity contribution in [3.8, 4) is 0 Å². The zero-order valence-corrected chi connectivity index (χ0v) is 40.2. The summed E-state index contributed by atoms with van der Waals surface area (Å²) in [6.07, 6.45) is 72.5. The first-order valence-electron chi connectivity index (χ1n) is 26.5. The molecule has 0 aromatic carbocycles. The van der Waals surface area contributed by atoms with Gasteiger partial charge in [0, 0.05) is 6.42 Å². The third-order valence-electron chi connectivity index (χ3n) is 11.9. The summed E-state index contributed by atoms with van der Waals surface area (Å²) < 4.78 is 0. The van der Waals surface area contributed by atoms with E-state index >= 15 is 0 Å². The normalized spacial score (nSPS) is 13.3. The van der Waals surface area contributed by atoms with Crippen molar-refractivity contribution >= 4 is 5.91 Å². The van der Waals surface area contributed by atoms with Crippen molar-refractivity contribution in [2.75, 3.05) is 6.61 Å². The molecule has 0 heterocycles. The number of rotatable bonds is 48. The molecule has 0 spiro atoms. The highest BCUT2D eigenvalue weighted by molar-refractivity contribution is 5.76. The fourth-order valence-electron chi connectivity index (χ4n) is 7.90. The molecule has 0 rings (SSSR count). The smallest absolute Gasteiger partial charge is 0.220 e. The molecule has 350 valence electrons. The van der Waals surface area contributed by atoms with Crippen molar-refractivity contribution in [1.82, 2.24) is 5.32 Å². The highest BCUT2D eigenvalue weighted by Gasteiger charge is 2.17. The number of amides is 1. The predicted octanol–water partition coefficient (Wildman–Crippen LogP) is 17.2. The van der Waals surface area contributed by atoms with Gasteiger partial charge in [-0.1, -0.05) is 254 Å². The van der Waals surface area contributed by atoms with E-state index in [0.29, 0.717) is 6.42 Å². The van der Waals surface area contributed by atoms with Crippen LogP contribution in [0.4, 0.5) is 0 Å². The van der Waals surface area contributed by atoms with Crippen molar-refractivity contribution in [1.29, 1.82) is 0 Å². The SMILES string of the molecule is CCC/C=C/CC/C=C/CC/C=C/C(O)C(CO)NC(=O)CCCCCCCCCCCCCCCCCCCCCCCCCCC/C=C\C/C=C\CCCCCCC. The molecular formula is C56H103NO3. The second-order valence-corrected chi connectivity index (χ2v) is 17.9. The standard InChI is InChI=1S/C56H103NO3/c1-3-5-7-9-11-13-15-16-17-18-19-20-21-22-23-24-25-26-27-28-29-30-31-32-33-34-35-36-37-38-39-40-42-44-46-48-50-52-56(60)57-54(53-58)55(59)51-49-47-45-43-41-14-12-10-8-6-4-2/h8,10,15-16,18-19,41,43,49,51,54-55,58-59H,3-7,9,11-14,17,20-40,42,44-48,50,52-53H2,1-2H3,(H,57,60)/b10-8+,16-15-,19-18-,43-41+,51-49+. The molecule has 0 radical (unpaired) electrons. The highest BCUT2D eigenvalue weighted by Crippen LogP contribution is 2.17. The molecule has 0 saturated carbocycles. The molecule has 0 aromatic rings. The van der Waals surface area contributed by atoms with Crippen molar-refractivity contribution < 1.29 is 15.0 Å². The van der Waals surface area contributed by atoms with Gasteiger partial charge >= 0.3 is 0 Å². The first kappa shape index (κ1) is 58.1. The Morgan fingerprint density at radius 3 is 1.12 bits per heavy atom. The number of carbonyl (C=O) groups is 1. The van der Waals surface area contributed by atoms with E-state index in [1.54, 1.807) is 6.08 Å². The van der Waals surface area contributed by atoms with Crippen LogP contribution in [-0.2, 0) is 4.79 Å². The zero-order chi connectivity index (χ0) is 43.5. The summed E-state index contributed by atoms with van der Waals surface area (Å²) in [4.78, 5) is 12.4. The van der Waals surface area contributed by atoms with Gasteiger partial charge in [0.15, 0.2) is 0 Å². The van der Waals surface area contributed by atoms with Gasteiger partial charge in [-0.15, -0.1) is 0 Å². The number of hydrogen-bond donors (Lipinski definition) is 3. The van der Waals surface area contributed by atoms with E-state index in [1.807, 2.05) is 6.08 Å². The Morgan fingerprint density at radius 1 is 0.400 bits per heavy atom. The Kier molecular flexibility index (Phi) is 49.8. The third-order valence-corrected chi connectivity index (χ3v) is 11.9. The summed E-state index contributed by atoms with van der Waals surface area (Å²) in [7, 11) is 0. The lowest BCUT2D eigenvalue weighted by Crippen LogP contribution is -2.45. The lowest BCUT2D eigenvalue weighted by Gasteiger charge is -2.19. The predicted molar refractivity (Wildman–Crippen MR) is 267 cm³/mol. The highest BCUT2D eigenvalue weighted by atomic mass is 16.3. The second-order valence-electron chi connectivity index (χ2n) is 17.9. The Labute approximate surface area is 375 Å². The van der Waals surface area contributed by atoms with Crippen LogP contribution in [-0.4, -0.2) is 34.9 Å². The number of hydrogen-bond acceptors (Lipinski definition) is 3. The van der Waals surface area contributed by atoms with E-state index in [0.717, 1.165) is 51.4 Å². The first-order chi connectivity index (χ1) is 29.7. The number of allylic oxidation sites excluding steroid dienone is 9. The summed E-state index contributed by atoms with van der Waals surface area (Å²) in [6.45, 7) is 4.21. The van der Waals surface area contributed by atoms with Crippen LogP contribution in [0.5, 0.6) is 0 Å². The maximum atomic E-state index is 12.4. The van der Waals surface area contributed by atoms with E-state index in [-0.39, 0.29) is 12.5 Å². The Morgan fingerprint density at radius 2 is 0.733 bits per heavy atom. The molecule has 0 bridgehead atoms. The van der Waals surface area contributed by atoms with E-state index < -0.39 is 12.1 Å². The molecule has 0 saturated heterocycles. The molecule has 1 amide bonds. The minimum Gasteiger partial charge on any atom is -0.394 e. The average molecular weight is 838 g/mol. The second kappa shape index (κ2) is 51.4. The van der Waals surface area contributed by atoms with Gasteiger partial charge in [-0.25, -0.2) is 0 Å². The van der Waals surface area contributed by atoms with Crippen LogP contribution in [0.3, 0.4) is 0 Å². The molecule has 4 nitrogen and oxygen atoms in total. The molecule has 0 fully saturated rings. The van der Waals surface area contributed by atoms with Crippen molar-refractivity contribution in [2.45, 2.75) is 283 Å². The molecule has 4 heteroatoms. The van der Waals surface area contributed by atoms with E-state index in [9.17, 15) is 15.0 Å². The summed E-state index contributed by atoms with van der Waals surface area (Å²) in [5, 5.41) is 22.9. The van der Waals surface area contributed by atoms with Crippen LogP contribution >= 0.6 is 0 Å². The number of unbranched alkanes of at least 4 members (excludes halogenated alkanes) is 33. The van der Waals surface area contributed by atoms with Gasteiger partial charge in [0.1, 0.15) is 0 Å². The van der Waals surface area contributed by atoms with E-state index in [1.165, 1.54) is 199 Å². The van der Waals surface area contributed by atoms with Gasteiger partial charge in [-0.3, -0.25) is 4.79 Å². The number of carbonyl (C=O) groups excluding carboxylic acids is 1. The zero-order valence-electron chi connectivity index (χ0n) is 40.2. The van der Waals surface area contributed by atoms with Crippen LogP contribution in [0.2, 0.25) is 0 Å². The summed E-state index contributed by atoms with van der Waals surface area (Å²) in [5.74, 6) is -0.0774. The van der Waals surface area contributed by atoms with Crippen molar-refractivity contribution in [3.63, 3.8) is 0 Å². The van der Waals surface area contributed by atoms with Crippen LogP contribution in [0.15, 0.2) is 60.8 Å². The molecule has 2 unspecified atom stereocenters. The minimum absolute atomic E-state index is 0.0774. The van der Waals surface area contributed by atoms with Gasteiger partial charge < -0.3 is 15.5 Å². The van der Waals surface area contributed by atoms with Crippen LogP contribution in [0, 0.1) is 0 Å². The Bertz CT molecular complexity index is 996. The van der Waals surface area contributed by atoms with Gasteiger partial charge in [0.25, 0.3) is 0 Å². The Hall–Kier alpha value is -1.91. The lowest BCUT2D eigenvalue weighted by molar-refractivity contribution is -0.123. The molecule has 60 heavy (non-hydrogen) atoms. The van der Waals surface area contributed by atoms with Gasteiger partial charge in [-0.2, -0.15) is 0 Å². The molecule has 0 aliphatic carbocycles.